The molecule has 0 spiro atoms. The van der Waals surface area contributed by atoms with Gasteiger partial charge in [-0.1, -0.05) is 0 Å². The van der Waals surface area contributed by atoms with Gasteiger partial charge in [-0.05, 0) is 24.6 Å². The van der Waals surface area contributed by atoms with Crippen LogP contribution in [0.3, 0.4) is 0 Å². The third-order valence-electron chi connectivity index (χ3n) is 2.16. The predicted molar refractivity (Wildman–Crippen MR) is 67.5 cm³/mol. The summed E-state index contributed by atoms with van der Waals surface area (Å²) in [5, 5.41) is 2.50. The number of nitrogen functional groups attached to an aromatic ring is 1. The summed E-state index contributed by atoms with van der Waals surface area (Å²) in [6.45, 7) is 0.211. The molecular weight excluding hydrogens is 259 g/mol. The summed E-state index contributed by atoms with van der Waals surface area (Å²) in [5.41, 5.74) is 5.69. The van der Waals surface area contributed by atoms with Crippen LogP contribution in [0.25, 0.3) is 0 Å². The summed E-state index contributed by atoms with van der Waals surface area (Å²) >= 11 is 0. The molecule has 0 aliphatic rings. The maximum absolute atomic E-state index is 13.0. The highest BCUT2D eigenvalue weighted by molar-refractivity contribution is 7.90. The van der Waals surface area contributed by atoms with E-state index in [-0.39, 0.29) is 23.5 Å². The second-order valence-electron chi connectivity index (χ2n) is 4.01. The minimum atomic E-state index is -3.03. The van der Waals surface area contributed by atoms with E-state index in [4.69, 9.17) is 5.73 Å². The van der Waals surface area contributed by atoms with Crippen molar-refractivity contribution in [2.24, 2.45) is 0 Å². The smallest absolute Gasteiger partial charge is 0.251 e. The summed E-state index contributed by atoms with van der Waals surface area (Å²) < 4.78 is 34.7. The Labute approximate surface area is 105 Å². The molecule has 0 aliphatic heterocycles. The van der Waals surface area contributed by atoms with Crippen molar-refractivity contribution in [2.45, 2.75) is 6.42 Å². The van der Waals surface area contributed by atoms with E-state index in [2.05, 4.69) is 5.32 Å². The van der Waals surface area contributed by atoms with Gasteiger partial charge in [-0.3, -0.25) is 4.79 Å². The van der Waals surface area contributed by atoms with Crippen molar-refractivity contribution in [3.63, 3.8) is 0 Å². The average molecular weight is 274 g/mol. The molecule has 1 amide bonds. The topological polar surface area (TPSA) is 89.3 Å². The lowest BCUT2D eigenvalue weighted by Crippen LogP contribution is -2.26. The maximum atomic E-state index is 13.0. The molecule has 100 valence electrons. The summed E-state index contributed by atoms with van der Waals surface area (Å²) in [7, 11) is -3.03. The maximum Gasteiger partial charge on any atom is 0.251 e. The number of nitrogens with two attached hydrogens (primary N) is 1. The molecule has 0 aliphatic carbocycles. The van der Waals surface area contributed by atoms with Crippen LogP contribution in [0.5, 0.6) is 0 Å². The number of anilines is 1. The lowest BCUT2D eigenvalue weighted by molar-refractivity contribution is 0.0953. The molecule has 0 bridgehead atoms. The molecule has 7 heteroatoms. The third-order valence-corrected chi connectivity index (χ3v) is 3.19. The summed E-state index contributed by atoms with van der Waals surface area (Å²) in [5.74, 6) is -1.07. The minimum Gasteiger partial charge on any atom is -0.399 e. The van der Waals surface area contributed by atoms with Gasteiger partial charge in [0.25, 0.3) is 5.91 Å². The van der Waals surface area contributed by atoms with Gasteiger partial charge in [0, 0.05) is 24.1 Å². The zero-order valence-electron chi connectivity index (χ0n) is 9.94. The van der Waals surface area contributed by atoms with Crippen molar-refractivity contribution in [1.29, 1.82) is 0 Å². The molecular formula is C11H15FN2O3S. The van der Waals surface area contributed by atoms with Crippen molar-refractivity contribution in [3.05, 3.63) is 29.6 Å². The predicted octanol–water partition coefficient (Wildman–Crippen LogP) is 0.572. The highest BCUT2D eigenvalue weighted by Crippen LogP contribution is 2.10. The van der Waals surface area contributed by atoms with E-state index >= 15 is 0 Å². The summed E-state index contributed by atoms with van der Waals surface area (Å²) in [4.78, 5) is 11.6. The van der Waals surface area contributed by atoms with E-state index in [0.717, 1.165) is 18.4 Å². The van der Waals surface area contributed by atoms with Crippen molar-refractivity contribution in [3.8, 4) is 0 Å². The molecule has 0 aromatic heterocycles. The average Bonchev–Trinajstić information content (AvgIpc) is 2.21. The van der Waals surface area contributed by atoms with E-state index in [1.165, 1.54) is 6.07 Å². The van der Waals surface area contributed by atoms with Crippen LogP contribution in [-0.4, -0.2) is 32.9 Å². The number of hydrogen-bond donors (Lipinski definition) is 2. The molecule has 0 radical (unpaired) electrons. The van der Waals surface area contributed by atoms with Crippen LogP contribution in [-0.2, 0) is 9.84 Å². The Morgan fingerprint density at radius 1 is 1.39 bits per heavy atom. The first-order valence-corrected chi connectivity index (χ1v) is 7.36. The van der Waals surface area contributed by atoms with Crippen LogP contribution >= 0.6 is 0 Å². The van der Waals surface area contributed by atoms with Gasteiger partial charge in [0.2, 0.25) is 0 Å². The Morgan fingerprint density at radius 2 is 2.06 bits per heavy atom. The van der Waals surface area contributed by atoms with Crippen molar-refractivity contribution >= 4 is 21.4 Å². The first kappa shape index (κ1) is 14.4. The number of amides is 1. The molecule has 0 atom stereocenters. The van der Waals surface area contributed by atoms with Crippen molar-refractivity contribution in [2.75, 3.05) is 24.3 Å². The van der Waals surface area contributed by atoms with E-state index in [9.17, 15) is 17.6 Å². The fraction of sp³-hybridized carbons (Fsp3) is 0.364. The van der Waals surface area contributed by atoms with Crippen LogP contribution in [0.4, 0.5) is 10.1 Å². The largest absolute Gasteiger partial charge is 0.399 e. The molecule has 18 heavy (non-hydrogen) atoms. The molecule has 3 N–H and O–H groups in total. The quantitative estimate of drug-likeness (QED) is 0.607. The Morgan fingerprint density at radius 3 is 2.61 bits per heavy atom. The highest BCUT2D eigenvalue weighted by atomic mass is 32.2. The minimum absolute atomic E-state index is 0.00142. The fourth-order valence-corrected chi connectivity index (χ4v) is 2.05. The highest BCUT2D eigenvalue weighted by Gasteiger charge is 2.08. The number of hydrogen-bond acceptors (Lipinski definition) is 4. The number of nitrogens with one attached hydrogen (secondary N) is 1. The Bertz CT molecular complexity index is 523. The zero-order chi connectivity index (χ0) is 13.8. The van der Waals surface area contributed by atoms with Gasteiger partial charge < -0.3 is 11.1 Å². The van der Waals surface area contributed by atoms with Crippen LogP contribution in [0.15, 0.2) is 18.2 Å². The SMILES string of the molecule is CS(=O)(=O)CCCNC(=O)c1cc(N)cc(F)c1. The molecule has 0 saturated heterocycles. The summed E-state index contributed by atoms with van der Waals surface area (Å²) in [6, 6.07) is 3.54. The molecule has 0 saturated carbocycles. The van der Waals surface area contributed by atoms with Crippen molar-refractivity contribution < 1.29 is 17.6 Å². The standard InChI is InChI=1S/C11H15FN2O3S/c1-18(16,17)4-2-3-14-11(15)8-5-9(12)7-10(13)6-8/h5-7H,2-4,13H2,1H3,(H,14,15). The molecule has 5 nitrogen and oxygen atoms in total. The Hall–Kier alpha value is -1.63. The molecule has 1 aromatic rings. The van der Waals surface area contributed by atoms with Gasteiger partial charge in [-0.2, -0.15) is 0 Å². The fourth-order valence-electron chi connectivity index (χ4n) is 1.38. The normalized spacial score (nSPS) is 11.2. The number of carbonyl (C=O) groups excluding carboxylic acids is 1. The molecule has 0 fully saturated rings. The van der Waals surface area contributed by atoms with Gasteiger partial charge in [0.1, 0.15) is 15.7 Å². The van der Waals surface area contributed by atoms with Crippen LogP contribution in [0.1, 0.15) is 16.8 Å². The van der Waals surface area contributed by atoms with Gasteiger partial charge in [-0.25, -0.2) is 12.8 Å². The monoisotopic (exact) mass is 274 g/mol. The Balaban J connectivity index is 2.51. The van der Waals surface area contributed by atoms with E-state index < -0.39 is 21.6 Å². The molecule has 1 rings (SSSR count). The van der Waals surface area contributed by atoms with E-state index in [1.54, 1.807) is 0 Å². The number of rotatable bonds is 5. The van der Waals surface area contributed by atoms with E-state index in [1.807, 2.05) is 0 Å². The number of carbonyl (C=O) groups is 1. The number of sulfone groups is 1. The van der Waals surface area contributed by atoms with Crippen LogP contribution < -0.4 is 11.1 Å². The van der Waals surface area contributed by atoms with Gasteiger partial charge >= 0.3 is 0 Å². The molecule has 1 aromatic carbocycles. The third kappa shape index (κ3) is 5.13. The van der Waals surface area contributed by atoms with Gasteiger partial charge in [0.15, 0.2) is 0 Å². The van der Waals surface area contributed by atoms with E-state index in [0.29, 0.717) is 6.42 Å². The first-order chi connectivity index (χ1) is 8.28. The second-order valence-corrected chi connectivity index (χ2v) is 6.27. The van der Waals surface area contributed by atoms with Gasteiger partial charge in [-0.15, -0.1) is 0 Å². The van der Waals surface area contributed by atoms with Crippen LogP contribution in [0, 0.1) is 5.82 Å². The van der Waals surface area contributed by atoms with Crippen LogP contribution in [0.2, 0.25) is 0 Å². The van der Waals surface area contributed by atoms with Gasteiger partial charge in [0.05, 0.1) is 5.75 Å². The number of benzene rings is 1. The first-order valence-electron chi connectivity index (χ1n) is 5.30. The van der Waals surface area contributed by atoms with Crippen molar-refractivity contribution in [1.82, 2.24) is 5.32 Å². The lowest BCUT2D eigenvalue weighted by atomic mass is 10.2. The second kappa shape index (κ2) is 5.81. The number of halogens is 1. The lowest BCUT2D eigenvalue weighted by Gasteiger charge is -2.05. The zero-order valence-corrected chi connectivity index (χ0v) is 10.8. The molecule has 0 unspecified atom stereocenters. The Kier molecular flexibility index (Phi) is 4.66. The summed E-state index contributed by atoms with van der Waals surface area (Å²) in [6.07, 6.45) is 1.44. The molecule has 0 heterocycles.